The van der Waals surface area contributed by atoms with Crippen LogP contribution in [0.1, 0.15) is 33.6 Å². The Bertz CT molecular complexity index is 905. The van der Waals surface area contributed by atoms with Gasteiger partial charge in [0.25, 0.3) is 5.91 Å². The predicted molar refractivity (Wildman–Crippen MR) is 108 cm³/mol. The summed E-state index contributed by atoms with van der Waals surface area (Å²) in [5.74, 6) is -1.10. The monoisotopic (exact) mass is 450 g/mol. The third kappa shape index (κ3) is 4.75. The van der Waals surface area contributed by atoms with Crippen LogP contribution >= 0.6 is 27.3 Å². The summed E-state index contributed by atoms with van der Waals surface area (Å²) < 4.78 is 5.92. The number of para-hydroxylation sites is 1. The molecule has 8 heteroatoms. The SMILES string of the molecule is Cc1sc(NC(=O)C2CC2)c(C(=O)OCC(=O)Nc2ccccc2Br)c1C. The van der Waals surface area contributed by atoms with Gasteiger partial charge in [-0.25, -0.2) is 4.79 Å². The van der Waals surface area contributed by atoms with Crippen LogP contribution in [0.4, 0.5) is 10.7 Å². The molecule has 142 valence electrons. The lowest BCUT2D eigenvalue weighted by Gasteiger charge is -2.09. The lowest BCUT2D eigenvalue weighted by molar-refractivity contribution is -0.119. The number of rotatable bonds is 6. The normalized spacial score (nSPS) is 13.1. The van der Waals surface area contributed by atoms with E-state index in [4.69, 9.17) is 4.74 Å². The average molecular weight is 451 g/mol. The Labute approximate surface area is 169 Å². The van der Waals surface area contributed by atoms with Gasteiger partial charge in [0.2, 0.25) is 5.91 Å². The fourth-order valence-electron chi connectivity index (χ4n) is 2.47. The molecule has 1 aromatic carbocycles. The van der Waals surface area contributed by atoms with Crippen LogP contribution in [0, 0.1) is 19.8 Å². The van der Waals surface area contributed by atoms with Gasteiger partial charge >= 0.3 is 5.97 Å². The smallest absolute Gasteiger partial charge is 0.341 e. The van der Waals surface area contributed by atoms with Crippen molar-refractivity contribution in [1.29, 1.82) is 0 Å². The Balaban J connectivity index is 1.64. The van der Waals surface area contributed by atoms with E-state index >= 15 is 0 Å². The first-order valence-corrected chi connectivity index (χ1v) is 10.1. The molecular formula is C19H19BrN2O4S. The van der Waals surface area contributed by atoms with E-state index in [2.05, 4.69) is 26.6 Å². The van der Waals surface area contributed by atoms with Gasteiger partial charge in [0, 0.05) is 15.3 Å². The molecule has 1 aliphatic rings. The number of benzene rings is 1. The predicted octanol–water partition coefficient (Wildman–Crippen LogP) is 4.27. The minimum atomic E-state index is -0.620. The van der Waals surface area contributed by atoms with Crippen molar-refractivity contribution in [1.82, 2.24) is 0 Å². The largest absolute Gasteiger partial charge is 0.452 e. The van der Waals surface area contributed by atoms with Crippen molar-refractivity contribution in [2.75, 3.05) is 17.2 Å². The van der Waals surface area contributed by atoms with Crippen LogP contribution in [0.25, 0.3) is 0 Å². The second-order valence-corrected chi connectivity index (χ2v) is 8.43. The number of anilines is 2. The lowest BCUT2D eigenvalue weighted by atomic mass is 10.1. The van der Waals surface area contributed by atoms with E-state index in [1.165, 1.54) is 11.3 Å². The van der Waals surface area contributed by atoms with Crippen molar-refractivity contribution in [3.8, 4) is 0 Å². The van der Waals surface area contributed by atoms with Crippen molar-refractivity contribution >= 4 is 55.7 Å². The van der Waals surface area contributed by atoms with Crippen molar-refractivity contribution in [2.45, 2.75) is 26.7 Å². The number of hydrogen-bond acceptors (Lipinski definition) is 5. The van der Waals surface area contributed by atoms with Crippen molar-refractivity contribution in [3.63, 3.8) is 0 Å². The number of ether oxygens (including phenoxy) is 1. The second kappa shape index (κ2) is 8.22. The molecule has 1 heterocycles. The van der Waals surface area contributed by atoms with Crippen LogP contribution in [0.2, 0.25) is 0 Å². The molecule has 2 aromatic rings. The molecule has 1 aliphatic carbocycles. The van der Waals surface area contributed by atoms with Gasteiger partial charge in [0.1, 0.15) is 5.00 Å². The number of esters is 1. The Kier molecular flexibility index (Phi) is 5.96. The molecular weight excluding hydrogens is 432 g/mol. The summed E-state index contributed by atoms with van der Waals surface area (Å²) in [5.41, 5.74) is 1.67. The van der Waals surface area contributed by atoms with Gasteiger partial charge in [0.05, 0.1) is 11.3 Å². The molecule has 3 rings (SSSR count). The summed E-state index contributed by atoms with van der Waals surface area (Å²) in [4.78, 5) is 37.6. The highest BCUT2D eigenvalue weighted by Crippen LogP contribution is 2.36. The summed E-state index contributed by atoms with van der Waals surface area (Å²) in [5, 5.41) is 5.98. The van der Waals surface area contributed by atoms with Crippen molar-refractivity contribution in [2.24, 2.45) is 5.92 Å². The quantitative estimate of drug-likeness (QED) is 0.643. The van der Waals surface area contributed by atoms with Crippen LogP contribution in [0.3, 0.4) is 0 Å². The van der Waals surface area contributed by atoms with Gasteiger partial charge < -0.3 is 15.4 Å². The minimum Gasteiger partial charge on any atom is -0.452 e. The van der Waals surface area contributed by atoms with E-state index in [0.29, 0.717) is 16.3 Å². The van der Waals surface area contributed by atoms with Gasteiger partial charge in [0.15, 0.2) is 6.61 Å². The van der Waals surface area contributed by atoms with Crippen LogP contribution in [0.15, 0.2) is 28.7 Å². The zero-order valence-electron chi connectivity index (χ0n) is 14.9. The van der Waals surface area contributed by atoms with E-state index in [1.807, 2.05) is 13.0 Å². The number of thiophene rings is 1. The fraction of sp³-hybridized carbons (Fsp3) is 0.316. The van der Waals surface area contributed by atoms with Crippen LogP contribution in [-0.4, -0.2) is 24.4 Å². The summed E-state index contributed by atoms with van der Waals surface area (Å²) in [6, 6.07) is 7.16. The molecule has 6 nitrogen and oxygen atoms in total. The van der Waals surface area contributed by atoms with E-state index in [0.717, 1.165) is 27.8 Å². The number of carbonyl (C=O) groups is 3. The summed E-state index contributed by atoms with van der Waals surface area (Å²) in [6.45, 7) is 3.27. The molecule has 2 amide bonds. The van der Waals surface area contributed by atoms with Crippen LogP contribution < -0.4 is 10.6 Å². The maximum Gasteiger partial charge on any atom is 0.341 e. The highest BCUT2D eigenvalue weighted by Gasteiger charge is 2.31. The number of halogens is 1. The number of aryl methyl sites for hydroxylation is 1. The molecule has 1 fully saturated rings. The lowest BCUT2D eigenvalue weighted by Crippen LogP contribution is -2.22. The van der Waals surface area contributed by atoms with Crippen LogP contribution in [-0.2, 0) is 14.3 Å². The van der Waals surface area contributed by atoms with E-state index in [-0.39, 0.29) is 11.8 Å². The minimum absolute atomic E-state index is 0.0340. The first-order valence-electron chi connectivity index (χ1n) is 8.49. The van der Waals surface area contributed by atoms with E-state index in [9.17, 15) is 14.4 Å². The molecule has 1 saturated carbocycles. The summed E-state index contributed by atoms with van der Waals surface area (Å²) in [6.07, 6.45) is 1.76. The maximum atomic E-state index is 12.5. The first kappa shape index (κ1) is 19.6. The van der Waals surface area contributed by atoms with Crippen LogP contribution in [0.5, 0.6) is 0 Å². The zero-order chi connectivity index (χ0) is 19.6. The Morgan fingerprint density at radius 1 is 1.19 bits per heavy atom. The first-order chi connectivity index (χ1) is 12.9. The third-order valence-electron chi connectivity index (χ3n) is 4.26. The van der Waals surface area contributed by atoms with Gasteiger partial charge in [-0.05, 0) is 60.3 Å². The van der Waals surface area contributed by atoms with E-state index in [1.54, 1.807) is 25.1 Å². The summed E-state index contributed by atoms with van der Waals surface area (Å²) in [7, 11) is 0. The molecule has 0 aliphatic heterocycles. The molecule has 27 heavy (non-hydrogen) atoms. The Hall–Kier alpha value is -2.19. The highest BCUT2D eigenvalue weighted by molar-refractivity contribution is 9.10. The number of hydrogen-bond donors (Lipinski definition) is 2. The van der Waals surface area contributed by atoms with Gasteiger partial charge in [-0.15, -0.1) is 11.3 Å². The topological polar surface area (TPSA) is 84.5 Å². The van der Waals surface area contributed by atoms with E-state index < -0.39 is 18.5 Å². The molecule has 2 N–H and O–H groups in total. The summed E-state index contributed by atoms with van der Waals surface area (Å²) >= 11 is 4.68. The van der Waals surface area contributed by atoms with Crippen molar-refractivity contribution in [3.05, 3.63) is 44.7 Å². The Morgan fingerprint density at radius 2 is 1.89 bits per heavy atom. The molecule has 0 radical (unpaired) electrons. The van der Waals surface area contributed by atoms with Gasteiger partial charge in [-0.2, -0.15) is 0 Å². The molecule has 0 atom stereocenters. The number of carbonyl (C=O) groups excluding carboxylic acids is 3. The van der Waals surface area contributed by atoms with Gasteiger partial charge in [-0.1, -0.05) is 12.1 Å². The standard InChI is InChI=1S/C19H19BrN2O4S/c1-10-11(2)27-18(22-17(24)12-7-8-12)16(10)19(25)26-9-15(23)21-14-6-4-3-5-13(14)20/h3-6,12H,7-9H2,1-2H3,(H,21,23)(H,22,24). The third-order valence-corrected chi connectivity index (χ3v) is 6.07. The number of nitrogens with one attached hydrogen (secondary N) is 2. The molecule has 0 saturated heterocycles. The number of amides is 2. The fourth-order valence-corrected chi connectivity index (χ4v) is 3.91. The zero-order valence-corrected chi connectivity index (χ0v) is 17.3. The molecule has 1 aromatic heterocycles. The van der Waals surface area contributed by atoms with Crippen molar-refractivity contribution < 1.29 is 19.1 Å². The molecule has 0 unspecified atom stereocenters. The molecule has 0 bridgehead atoms. The second-order valence-electron chi connectivity index (χ2n) is 6.36. The highest BCUT2D eigenvalue weighted by atomic mass is 79.9. The molecule has 0 spiro atoms. The van der Waals surface area contributed by atoms with Gasteiger partial charge in [-0.3, -0.25) is 9.59 Å². The average Bonchev–Trinajstić information content (AvgIpc) is 3.43. The maximum absolute atomic E-state index is 12.5. The Morgan fingerprint density at radius 3 is 2.56 bits per heavy atom.